The van der Waals surface area contributed by atoms with Crippen molar-refractivity contribution >= 4 is 11.3 Å². The first-order valence-corrected chi connectivity index (χ1v) is 10.4. The van der Waals surface area contributed by atoms with Crippen molar-refractivity contribution < 1.29 is 4.74 Å². The summed E-state index contributed by atoms with van der Waals surface area (Å²) < 4.78 is 7.84. The molecule has 4 aromatic rings. The lowest BCUT2D eigenvalue weighted by Gasteiger charge is -2.18. The van der Waals surface area contributed by atoms with E-state index in [9.17, 15) is 0 Å². The Morgan fingerprint density at radius 2 is 1.77 bits per heavy atom. The quantitative estimate of drug-likeness (QED) is 0.406. The third-order valence-electron chi connectivity index (χ3n) is 5.07. The minimum Gasteiger partial charge on any atom is -0.489 e. The van der Waals surface area contributed by atoms with E-state index in [1.54, 1.807) is 0 Å². The molecule has 5 heteroatoms. The van der Waals surface area contributed by atoms with Gasteiger partial charge in [-0.05, 0) is 61.5 Å². The summed E-state index contributed by atoms with van der Waals surface area (Å²) >= 11 is 0. The van der Waals surface area contributed by atoms with Crippen LogP contribution in [0.15, 0.2) is 85.1 Å². The third-order valence-corrected chi connectivity index (χ3v) is 5.07. The molecular weight excluding hydrogens is 384 g/mol. The van der Waals surface area contributed by atoms with Gasteiger partial charge in [0.25, 0.3) is 0 Å². The van der Waals surface area contributed by atoms with Gasteiger partial charge in [0.15, 0.2) is 0 Å². The minimum atomic E-state index is 0.516. The van der Waals surface area contributed by atoms with Crippen molar-refractivity contribution in [3.63, 3.8) is 0 Å². The van der Waals surface area contributed by atoms with Crippen LogP contribution < -0.4 is 10.5 Å². The van der Waals surface area contributed by atoms with Gasteiger partial charge in [0.2, 0.25) is 0 Å². The highest BCUT2D eigenvalue weighted by atomic mass is 16.5. The van der Waals surface area contributed by atoms with E-state index < -0.39 is 0 Å². The molecule has 0 atom stereocenters. The molecule has 0 aliphatic rings. The van der Waals surface area contributed by atoms with Gasteiger partial charge in [0, 0.05) is 30.5 Å². The van der Waals surface area contributed by atoms with E-state index in [1.807, 2.05) is 43.5 Å². The van der Waals surface area contributed by atoms with Crippen LogP contribution in [0.3, 0.4) is 0 Å². The topological polar surface area (TPSA) is 55.8 Å². The predicted molar refractivity (Wildman–Crippen MR) is 127 cm³/mol. The number of rotatable bonds is 8. The molecule has 0 saturated heterocycles. The molecule has 2 aromatic heterocycles. The summed E-state index contributed by atoms with van der Waals surface area (Å²) in [6.07, 6.45) is 1.95. The van der Waals surface area contributed by atoms with Crippen molar-refractivity contribution in [3.05, 3.63) is 96.3 Å². The molecule has 0 aliphatic heterocycles. The van der Waals surface area contributed by atoms with Crippen LogP contribution in [-0.2, 0) is 13.1 Å². The van der Waals surface area contributed by atoms with Crippen LogP contribution in [0.1, 0.15) is 18.2 Å². The first-order chi connectivity index (χ1) is 15.0. The molecule has 0 spiro atoms. The fraction of sp³-hybridized carbons (Fsp3) is 0.192. The van der Waals surface area contributed by atoms with E-state index >= 15 is 0 Å². The average Bonchev–Trinajstić information content (AvgIpc) is 3.10. The van der Waals surface area contributed by atoms with Gasteiger partial charge in [-0.2, -0.15) is 0 Å². The van der Waals surface area contributed by atoms with Gasteiger partial charge in [0.1, 0.15) is 18.0 Å². The zero-order valence-corrected chi connectivity index (χ0v) is 18.1. The van der Waals surface area contributed by atoms with E-state index in [1.165, 1.54) is 5.56 Å². The number of hydrogen-bond donors (Lipinski definition) is 1. The Balaban J connectivity index is 1.66. The first kappa shape index (κ1) is 20.7. The summed E-state index contributed by atoms with van der Waals surface area (Å²) in [5.74, 6) is 0.822. The molecular formula is C26H28N4O. The normalized spacial score (nSPS) is 11.2. The molecule has 158 valence electrons. The number of hydrogen-bond acceptors (Lipinski definition) is 4. The monoisotopic (exact) mass is 412 g/mol. The molecule has 0 aliphatic carbocycles. The summed E-state index contributed by atoms with van der Waals surface area (Å²) in [4.78, 5) is 7.20. The molecule has 2 aromatic carbocycles. The van der Waals surface area contributed by atoms with E-state index in [0.29, 0.717) is 12.3 Å². The van der Waals surface area contributed by atoms with Crippen LogP contribution in [0.4, 0.5) is 5.69 Å². The van der Waals surface area contributed by atoms with Crippen LogP contribution in [0.5, 0.6) is 5.75 Å². The van der Waals surface area contributed by atoms with Gasteiger partial charge in [-0.1, -0.05) is 36.9 Å². The summed E-state index contributed by atoms with van der Waals surface area (Å²) in [5, 5.41) is 0. The molecule has 0 saturated carbocycles. The number of pyridine rings is 1. The van der Waals surface area contributed by atoms with E-state index in [0.717, 1.165) is 47.0 Å². The first-order valence-electron chi connectivity index (χ1n) is 10.4. The van der Waals surface area contributed by atoms with Crippen molar-refractivity contribution in [2.24, 2.45) is 0 Å². The van der Waals surface area contributed by atoms with Crippen molar-refractivity contribution in [2.75, 3.05) is 19.4 Å². The predicted octanol–water partition coefficient (Wildman–Crippen LogP) is 5.17. The minimum absolute atomic E-state index is 0.516. The number of nitrogens with zero attached hydrogens (tertiary/aromatic N) is 3. The van der Waals surface area contributed by atoms with Crippen molar-refractivity contribution in [1.82, 2.24) is 14.3 Å². The van der Waals surface area contributed by atoms with Crippen LogP contribution >= 0.6 is 0 Å². The summed E-state index contributed by atoms with van der Waals surface area (Å²) in [6, 6.07) is 22.4. The zero-order valence-electron chi connectivity index (χ0n) is 18.1. The van der Waals surface area contributed by atoms with Gasteiger partial charge < -0.3 is 14.9 Å². The zero-order chi connectivity index (χ0) is 21.8. The Hall–Kier alpha value is -3.57. The largest absolute Gasteiger partial charge is 0.489 e. The van der Waals surface area contributed by atoms with Crippen LogP contribution in [0.25, 0.3) is 16.9 Å². The van der Waals surface area contributed by atoms with Gasteiger partial charge in [-0.25, -0.2) is 4.98 Å². The van der Waals surface area contributed by atoms with Gasteiger partial charge in [-0.15, -0.1) is 0 Å². The molecule has 0 fully saturated rings. The number of anilines is 1. The number of nitrogens with two attached hydrogens (primary N) is 1. The number of aromatic nitrogens is 2. The van der Waals surface area contributed by atoms with Gasteiger partial charge >= 0.3 is 0 Å². The van der Waals surface area contributed by atoms with E-state index in [-0.39, 0.29) is 0 Å². The maximum atomic E-state index is 6.09. The molecule has 5 nitrogen and oxygen atoms in total. The van der Waals surface area contributed by atoms with E-state index in [4.69, 9.17) is 15.5 Å². The maximum Gasteiger partial charge on any atom is 0.137 e. The molecule has 0 bridgehead atoms. The van der Waals surface area contributed by atoms with Crippen molar-refractivity contribution in [1.29, 1.82) is 0 Å². The molecule has 0 amide bonds. The molecule has 31 heavy (non-hydrogen) atoms. The highest BCUT2D eigenvalue weighted by molar-refractivity contribution is 5.68. The molecule has 4 rings (SSSR count). The fourth-order valence-electron chi connectivity index (χ4n) is 3.61. The second kappa shape index (κ2) is 9.06. The summed E-state index contributed by atoms with van der Waals surface area (Å²) in [5.41, 5.74) is 13.1. The lowest BCUT2D eigenvalue weighted by molar-refractivity contribution is 0.314. The number of ether oxygens (including phenoxy) is 1. The number of benzene rings is 2. The molecule has 0 unspecified atom stereocenters. The Morgan fingerprint density at radius 3 is 2.48 bits per heavy atom. The van der Waals surface area contributed by atoms with Crippen molar-refractivity contribution in [3.8, 4) is 17.0 Å². The number of imidazole rings is 1. The number of fused-ring (bicyclic) bond motifs is 1. The number of nitrogen functional groups attached to an aromatic ring is 1. The molecule has 2 heterocycles. The lowest BCUT2D eigenvalue weighted by atomic mass is 10.1. The molecule has 2 N–H and O–H groups in total. The summed E-state index contributed by atoms with van der Waals surface area (Å²) in [6.45, 7) is 7.94. The second-order valence-electron chi connectivity index (χ2n) is 8.03. The second-order valence-corrected chi connectivity index (χ2v) is 8.03. The lowest BCUT2D eigenvalue weighted by Crippen LogP contribution is -2.18. The van der Waals surface area contributed by atoms with Crippen molar-refractivity contribution in [2.45, 2.75) is 20.0 Å². The Morgan fingerprint density at radius 1 is 1.03 bits per heavy atom. The Kier molecular flexibility index (Phi) is 6.05. The van der Waals surface area contributed by atoms with Crippen LogP contribution in [-0.4, -0.2) is 27.9 Å². The highest BCUT2D eigenvalue weighted by Crippen LogP contribution is 2.28. The standard InChI is InChI=1S/C26H28N4O/c1-19(2)18-31-23-12-9-21(10-13-23)26-24(30-16-22(27)11-14-25(30)28-26)17-29(3)15-20-7-5-4-6-8-20/h4-14,16H,1,15,17-18,27H2,2-3H3. The van der Waals surface area contributed by atoms with Gasteiger partial charge in [-0.3, -0.25) is 4.90 Å². The Labute approximate surface area is 183 Å². The molecule has 0 radical (unpaired) electrons. The highest BCUT2D eigenvalue weighted by Gasteiger charge is 2.16. The van der Waals surface area contributed by atoms with Crippen LogP contribution in [0, 0.1) is 0 Å². The smallest absolute Gasteiger partial charge is 0.137 e. The summed E-state index contributed by atoms with van der Waals surface area (Å²) in [7, 11) is 2.12. The average molecular weight is 413 g/mol. The Bertz CT molecular complexity index is 1180. The third kappa shape index (κ3) is 4.95. The fourth-order valence-corrected chi connectivity index (χ4v) is 3.61. The maximum absolute atomic E-state index is 6.09. The van der Waals surface area contributed by atoms with E-state index in [2.05, 4.69) is 59.3 Å². The SMILES string of the molecule is C=C(C)COc1ccc(-c2nc3ccc(N)cn3c2CN(C)Cc2ccccc2)cc1. The van der Waals surface area contributed by atoms with Crippen LogP contribution in [0.2, 0.25) is 0 Å². The van der Waals surface area contributed by atoms with Gasteiger partial charge in [0.05, 0.1) is 11.4 Å².